The Hall–Kier alpha value is -7.42. The molecule has 4 heterocycles. The number of nitriles is 1. The molecule has 0 amide bonds. The molecule has 0 saturated heterocycles. The first-order valence-corrected chi connectivity index (χ1v) is 17.8. The molecule has 11 rings (SSSR count). The maximum Gasteiger partial charge on any atom is 0.145 e. The lowest BCUT2D eigenvalue weighted by molar-refractivity contribution is 1.14. The molecule has 0 N–H and O–H groups in total. The molecule has 0 spiro atoms. The smallest absolute Gasteiger partial charge is 0.145 e. The quantitative estimate of drug-likeness (QED) is 0.186. The van der Waals surface area contributed by atoms with Crippen LogP contribution in [0.5, 0.6) is 0 Å². The number of benzene rings is 7. The Morgan fingerprint density at radius 3 is 1.60 bits per heavy atom. The molecular weight excluding hydrogens is 647 g/mol. The number of pyridine rings is 1. The van der Waals surface area contributed by atoms with E-state index in [1.54, 1.807) is 0 Å². The maximum atomic E-state index is 9.63. The van der Waals surface area contributed by atoms with Gasteiger partial charge >= 0.3 is 0 Å². The van der Waals surface area contributed by atoms with Crippen molar-refractivity contribution < 1.29 is 0 Å². The minimum atomic E-state index is 0.660. The zero-order chi connectivity index (χ0) is 35.0. The summed E-state index contributed by atoms with van der Waals surface area (Å²) in [5.41, 5.74) is 12.8. The Kier molecular flexibility index (Phi) is 6.25. The van der Waals surface area contributed by atoms with Crippen LogP contribution in [-0.2, 0) is 0 Å². The first-order chi connectivity index (χ1) is 26.2. The molecule has 0 radical (unpaired) electrons. The summed E-state index contributed by atoms with van der Waals surface area (Å²) >= 11 is 0. The van der Waals surface area contributed by atoms with E-state index in [9.17, 15) is 5.26 Å². The molecular formula is C48H29N5. The predicted molar refractivity (Wildman–Crippen MR) is 217 cm³/mol. The largest absolute Gasteiger partial charge is 0.309 e. The Morgan fingerprint density at radius 2 is 0.906 bits per heavy atom. The number of fused-ring (bicyclic) bond motifs is 9. The van der Waals surface area contributed by atoms with Crippen LogP contribution in [0.15, 0.2) is 176 Å². The van der Waals surface area contributed by atoms with Gasteiger partial charge in [0.05, 0.1) is 39.2 Å². The molecule has 0 bridgehead atoms. The highest BCUT2D eigenvalue weighted by Crippen LogP contribution is 2.40. The Morgan fingerprint density at radius 1 is 0.377 bits per heavy atom. The Balaban J connectivity index is 1.11. The molecule has 0 aliphatic heterocycles. The van der Waals surface area contributed by atoms with Crippen molar-refractivity contribution >= 4 is 65.5 Å². The van der Waals surface area contributed by atoms with Crippen molar-refractivity contribution in [1.82, 2.24) is 18.7 Å². The minimum absolute atomic E-state index is 0.660. The summed E-state index contributed by atoms with van der Waals surface area (Å²) in [6.07, 6.45) is 1.88. The lowest BCUT2D eigenvalue weighted by Crippen LogP contribution is -1.97. The van der Waals surface area contributed by atoms with Gasteiger partial charge in [-0.05, 0) is 102 Å². The summed E-state index contributed by atoms with van der Waals surface area (Å²) in [7, 11) is 0. The van der Waals surface area contributed by atoms with Crippen LogP contribution in [0.3, 0.4) is 0 Å². The van der Waals surface area contributed by atoms with E-state index in [0.29, 0.717) is 5.56 Å². The van der Waals surface area contributed by atoms with Crippen LogP contribution in [0.2, 0.25) is 0 Å². The Labute approximate surface area is 304 Å². The first kappa shape index (κ1) is 29.3. The highest BCUT2D eigenvalue weighted by molar-refractivity contribution is 6.18. The average Bonchev–Trinajstić information content (AvgIpc) is 3.85. The zero-order valence-electron chi connectivity index (χ0n) is 28.5. The van der Waals surface area contributed by atoms with Crippen LogP contribution in [-0.4, -0.2) is 18.7 Å². The van der Waals surface area contributed by atoms with E-state index in [1.807, 2.05) is 24.4 Å². The third-order valence-electron chi connectivity index (χ3n) is 10.7. The second-order valence-corrected chi connectivity index (χ2v) is 13.6. The van der Waals surface area contributed by atoms with Crippen molar-refractivity contribution in [3.8, 4) is 34.3 Å². The van der Waals surface area contributed by atoms with Gasteiger partial charge in [0, 0.05) is 55.6 Å². The van der Waals surface area contributed by atoms with E-state index in [2.05, 4.69) is 171 Å². The van der Waals surface area contributed by atoms with Gasteiger partial charge in [-0.25, -0.2) is 4.98 Å². The summed E-state index contributed by atoms with van der Waals surface area (Å²) in [6.45, 7) is 0. The maximum absolute atomic E-state index is 9.63. The molecule has 53 heavy (non-hydrogen) atoms. The number of hydrogen-bond acceptors (Lipinski definition) is 2. The standard InChI is InChI=1S/C48H29N5/c49-30-31-22-23-45-40(25-31)37-17-4-7-21-44(37)52(45)35-15-8-11-32(26-35)33-12-9-16-36(27-33)53-47-28-41-38-18-5-6-20-43(38)51(34-13-2-1-3-14-34)46(41)29-42(47)39-19-10-24-50-48(39)53/h1-29H. The predicted octanol–water partition coefficient (Wildman–Crippen LogP) is 11.9. The van der Waals surface area contributed by atoms with Gasteiger partial charge in [0.1, 0.15) is 5.65 Å². The highest BCUT2D eigenvalue weighted by atomic mass is 15.0. The van der Waals surface area contributed by atoms with Gasteiger partial charge in [0.15, 0.2) is 0 Å². The highest BCUT2D eigenvalue weighted by Gasteiger charge is 2.19. The van der Waals surface area contributed by atoms with E-state index in [0.717, 1.165) is 66.5 Å². The van der Waals surface area contributed by atoms with Crippen LogP contribution in [0.1, 0.15) is 5.56 Å². The molecule has 7 aromatic carbocycles. The van der Waals surface area contributed by atoms with Crippen LogP contribution >= 0.6 is 0 Å². The van der Waals surface area contributed by atoms with Crippen molar-refractivity contribution in [3.05, 3.63) is 182 Å². The van der Waals surface area contributed by atoms with Crippen molar-refractivity contribution in [2.75, 3.05) is 0 Å². The fourth-order valence-electron chi connectivity index (χ4n) is 8.39. The molecule has 0 fully saturated rings. The van der Waals surface area contributed by atoms with Crippen LogP contribution in [0, 0.1) is 11.3 Å². The molecule has 0 aliphatic rings. The van der Waals surface area contributed by atoms with Gasteiger partial charge in [0.25, 0.3) is 0 Å². The fourth-order valence-corrected chi connectivity index (χ4v) is 8.39. The molecule has 5 heteroatoms. The summed E-state index contributed by atoms with van der Waals surface area (Å²) in [4.78, 5) is 4.97. The topological polar surface area (TPSA) is 51.5 Å². The van der Waals surface area contributed by atoms with Gasteiger partial charge in [-0.2, -0.15) is 5.26 Å². The van der Waals surface area contributed by atoms with Crippen LogP contribution in [0.25, 0.3) is 93.7 Å². The van der Waals surface area contributed by atoms with Crippen LogP contribution < -0.4 is 0 Å². The lowest BCUT2D eigenvalue weighted by atomic mass is 10.0. The zero-order valence-corrected chi connectivity index (χ0v) is 28.5. The van der Waals surface area contributed by atoms with Gasteiger partial charge in [-0.3, -0.25) is 4.57 Å². The summed E-state index contributed by atoms with van der Waals surface area (Å²) in [5, 5.41) is 16.5. The lowest BCUT2D eigenvalue weighted by Gasteiger charge is -2.12. The third kappa shape index (κ3) is 4.33. The number of rotatable bonds is 4. The molecule has 11 aromatic rings. The van der Waals surface area contributed by atoms with Gasteiger partial charge in [0.2, 0.25) is 0 Å². The molecule has 4 aromatic heterocycles. The molecule has 0 atom stereocenters. The SMILES string of the molecule is N#Cc1ccc2c(c1)c1ccccc1n2-c1cccc(-c2cccc(-n3c4cc5c6ccccc6n(-c6ccccc6)c5cc4c4cccnc43)c2)c1. The first-order valence-electron chi connectivity index (χ1n) is 17.8. The van der Waals surface area contributed by atoms with E-state index in [4.69, 9.17) is 4.98 Å². The average molecular weight is 676 g/mol. The van der Waals surface area contributed by atoms with Crippen molar-refractivity contribution in [1.29, 1.82) is 5.26 Å². The number of hydrogen-bond donors (Lipinski definition) is 0. The van der Waals surface area contributed by atoms with Gasteiger partial charge < -0.3 is 9.13 Å². The van der Waals surface area contributed by atoms with E-state index < -0.39 is 0 Å². The van der Waals surface area contributed by atoms with Crippen molar-refractivity contribution in [3.63, 3.8) is 0 Å². The molecule has 5 nitrogen and oxygen atoms in total. The van der Waals surface area contributed by atoms with E-state index in [-0.39, 0.29) is 0 Å². The summed E-state index contributed by atoms with van der Waals surface area (Å²) < 4.78 is 6.98. The molecule has 246 valence electrons. The monoisotopic (exact) mass is 675 g/mol. The normalized spacial score (nSPS) is 11.8. The second-order valence-electron chi connectivity index (χ2n) is 13.6. The minimum Gasteiger partial charge on any atom is -0.309 e. The summed E-state index contributed by atoms with van der Waals surface area (Å²) in [5.74, 6) is 0. The van der Waals surface area contributed by atoms with Crippen LogP contribution in [0.4, 0.5) is 0 Å². The van der Waals surface area contributed by atoms with Gasteiger partial charge in [-0.15, -0.1) is 0 Å². The second kappa shape index (κ2) is 11.3. The number of aromatic nitrogens is 4. The fraction of sp³-hybridized carbons (Fsp3) is 0. The van der Waals surface area contributed by atoms with Gasteiger partial charge in [-0.1, -0.05) is 78.9 Å². The Bertz CT molecular complexity index is 3300. The number of para-hydroxylation sites is 3. The third-order valence-corrected chi connectivity index (χ3v) is 10.7. The molecule has 0 unspecified atom stereocenters. The van der Waals surface area contributed by atoms with Crippen molar-refractivity contribution in [2.45, 2.75) is 0 Å². The summed E-state index contributed by atoms with van der Waals surface area (Å²) in [6, 6.07) is 62.4. The molecule has 0 saturated carbocycles. The van der Waals surface area contributed by atoms with E-state index >= 15 is 0 Å². The number of nitrogens with zero attached hydrogens (tertiary/aromatic N) is 5. The molecule has 0 aliphatic carbocycles. The van der Waals surface area contributed by atoms with E-state index in [1.165, 1.54) is 27.2 Å². The van der Waals surface area contributed by atoms with Crippen molar-refractivity contribution in [2.24, 2.45) is 0 Å².